The maximum absolute atomic E-state index is 11.2. The van der Waals surface area contributed by atoms with Crippen LogP contribution in [0.5, 0.6) is 11.5 Å². The molecule has 0 saturated heterocycles. The molecule has 0 aliphatic carbocycles. The van der Waals surface area contributed by atoms with Crippen LogP contribution in [0.2, 0.25) is 0 Å². The van der Waals surface area contributed by atoms with Crippen LogP contribution in [0.25, 0.3) is 0 Å². The van der Waals surface area contributed by atoms with Crippen molar-refractivity contribution in [3.63, 3.8) is 0 Å². The minimum absolute atomic E-state index is 0.110. The van der Waals surface area contributed by atoms with Gasteiger partial charge in [0.25, 0.3) is 5.95 Å². The summed E-state index contributed by atoms with van der Waals surface area (Å²) in [6.07, 6.45) is 1.51. The number of tetrazole rings is 1. The van der Waals surface area contributed by atoms with Gasteiger partial charge < -0.3 is 9.84 Å². The Morgan fingerprint density at radius 2 is 2.44 bits per heavy atom. The normalized spacial score (nSPS) is 10.7. The molecule has 2 rings (SSSR count). The predicted molar refractivity (Wildman–Crippen MR) is 62.5 cm³/mol. The zero-order chi connectivity index (χ0) is 12.8. The van der Waals surface area contributed by atoms with Gasteiger partial charge in [-0.3, -0.25) is 0 Å². The topological polar surface area (TPSA) is 111 Å². The monoisotopic (exact) mass is 247 g/mol. The fraction of sp³-hybridized carbons (Fsp3) is 0.200. The number of aromatic nitrogens is 4. The number of H-pyrrole nitrogens is 1. The Kier molecular flexibility index (Phi) is 3.69. The van der Waals surface area contributed by atoms with Crippen molar-refractivity contribution >= 4 is 12.2 Å². The van der Waals surface area contributed by atoms with E-state index in [0.29, 0.717) is 17.9 Å². The summed E-state index contributed by atoms with van der Waals surface area (Å²) in [4.78, 5) is 0. The van der Waals surface area contributed by atoms with Crippen LogP contribution in [0.1, 0.15) is 12.5 Å². The number of aromatic amines is 1. The van der Waals surface area contributed by atoms with E-state index in [1.165, 1.54) is 18.3 Å². The van der Waals surface area contributed by atoms with Crippen LogP contribution < -0.4 is 15.3 Å². The summed E-state index contributed by atoms with van der Waals surface area (Å²) >= 11 is 0. The third kappa shape index (κ3) is 2.94. The lowest BCUT2D eigenvalue weighted by molar-refractivity contribution is -0.268. The number of nitrogens with zero attached hydrogens (tertiary/aromatic N) is 4. The molecule has 0 aliphatic rings. The van der Waals surface area contributed by atoms with E-state index in [2.05, 4.69) is 31.2 Å². The van der Waals surface area contributed by atoms with Crippen molar-refractivity contribution in [2.24, 2.45) is 5.10 Å². The first-order valence-corrected chi connectivity index (χ1v) is 5.26. The van der Waals surface area contributed by atoms with Gasteiger partial charge >= 0.3 is 0 Å². The van der Waals surface area contributed by atoms with Crippen molar-refractivity contribution in [1.82, 2.24) is 20.6 Å². The minimum Gasteiger partial charge on any atom is -0.872 e. The van der Waals surface area contributed by atoms with Crippen molar-refractivity contribution < 1.29 is 9.84 Å². The highest BCUT2D eigenvalue weighted by Gasteiger charge is 2.00. The van der Waals surface area contributed by atoms with Gasteiger partial charge in [-0.25, -0.2) is 5.43 Å². The molecule has 0 saturated carbocycles. The third-order valence-electron chi connectivity index (χ3n) is 2.00. The van der Waals surface area contributed by atoms with Gasteiger partial charge in [0, 0.05) is 5.56 Å². The molecule has 8 nitrogen and oxygen atoms in total. The number of hydrogen-bond donors (Lipinski definition) is 2. The zero-order valence-corrected chi connectivity index (χ0v) is 9.62. The molecule has 94 valence electrons. The van der Waals surface area contributed by atoms with Gasteiger partial charge in [-0.05, 0) is 18.2 Å². The Hall–Kier alpha value is -2.64. The third-order valence-corrected chi connectivity index (χ3v) is 2.00. The summed E-state index contributed by atoms with van der Waals surface area (Å²) in [6.45, 7) is 2.32. The maximum Gasteiger partial charge on any atom is 0.283 e. The van der Waals surface area contributed by atoms with Crippen LogP contribution in [-0.2, 0) is 0 Å². The van der Waals surface area contributed by atoms with E-state index in [4.69, 9.17) is 4.74 Å². The second-order valence-corrected chi connectivity index (χ2v) is 3.24. The van der Waals surface area contributed by atoms with Crippen LogP contribution in [0, 0.1) is 0 Å². The minimum atomic E-state index is -0.110. The molecule has 8 heteroatoms. The van der Waals surface area contributed by atoms with Crippen LogP contribution >= 0.6 is 0 Å². The smallest absolute Gasteiger partial charge is 0.283 e. The van der Waals surface area contributed by atoms with Crippen molar-refractivity contribution in [3.8, 4) is 11.5 Å². The standard InChI is InChI=1S/C10H12N6O2/c1-2-18-9-5-8(17)4-3-7(9)6-11-12-10-13-15-16-14-10/h3-6,17H,2H2,1H3,(H2,12,13,14,15,16)/p-1. The van der Waals surface area contributed by atoms with Gasteiger partial charge in [-0.15, -0.1) is 10.8 Å². The van der Waals surface area contributed by atoms with Gasteiger partial charge in [0.05, 0.1) is 12.8 Å². The summed E-state index contributed by atoms with van der Waals surface area (Å²) in [5.74, 6) is 0.634. The summed E-state index contributed by atoms with van der Waals surface area (Å²) in [5.41, 5.74) is 3.26. The summed E-state index contributed by atoms with van der Waals surface area (Å²) in [6, 6.07) is 4.49. The number of benzene rings is 1. The van der Waals surface area contributed by atoms with E-state index in [9.17, 15) is 5.11 Å². The fourth-order valence-corrected chi connectivity index (χ4v) is 1.27. The highest BCUT2D eigenvalue weighted by atomic mass is 16.5. The quantitative estimate of drug-likeness (QED) is 0.573. The van der Waals surface area contributed by atoms with Gasteiger partial charge in [-0.1, -0.05) is 17.2 Å². The number of anilines is 1. The summed E-state index contributed by atoms with van der Waals surface area (Å²) in [5, 5.41) is 28.1. The molecule has 0 unspecified atom stereocenters. The summed E-state index contributed by atoms with van der Waals surface area (Å²) < 4.78 is 5.34. The van der Waals surface area contributed by atoms with Gasteiger partial charge in [0.2, 0.25) is 0 Å². The molecule has 18 heavy (non-hydrogen) atoms. The molecule has 0 spiro atoms. The van der Waals surface area contributed by atoms with E-state index < -0.39 is 0 Å². The van der Waals surface area contributed by atoms with Crippen LogP contribution in [0.4, 0.5) is 5.95 Å². The van der Waals surface area contributed by atoms with E-state index in [-0.39, 0.29) is 11.7 Å². The second-order valence-electron chi connectivity index (χ2n) is 3.24. The van der Waals surface area contributed by atoms with Gasteiger partial charge in [-0.2, -0.15) is 10.3 Å². The average molecular weight is 247 g/mol. The van der Waals surface area contributed by atoms with E-state index >= 15 is 0 Å². The van der Waals surface area contributed by atoms with Gasteiger partial charge in [0.1, 0.15) is 5.75 Å². The number of ether oxygens (including phenoxy) is 1. The number of nitrogens with one attached hydrogen (secondary N) is 2. The lowest BCUT2D eigenvalue weighted by Crippen LogP contribution is -2.00. The van der Waals surface area contributed by atoms with E-state index in [0.717, 1.165) is 0 Å². The first-order chi connectivity index (χ1) is 8.79. The Labute approximate surface area is 103 Å². The first-order valence-electron chi connectivity index (χ1n) is 5.26. The number of hydrazone groups is 1. The molecule has 1 aromatic carbocycles. The van der Waals surface area contributed by atoms with Crippen molar-refractivity contribution in [3.05, 3.63) is 23.8 Å². The lowest BCUT2D eigenvalue weighted by atomic mass is 10.2. The molecule has 1 heterocycles. The van der Waals surface area contributed by atoms with Crippen LogP contribution in [0.15, 0.2) is 23.3 Å². The largest absolute Gasteiger partial charge is 0.872 e. The Morgan fingerprint density at radius 1 is 1.56 bits per heavy atom. The predicted octanol–water partition coefficient (Wildman–Crippen LogP) is 0.118. The Bertz CT molecular complexity index is 525. The number of hydrogen-bond acceptors (Lipinski definition) is 7. The zero-order valence-electron chi connectivity index (χ0n) is 9.62. The molecule has 0 atom stereocenters. The molecule has 0 aliphatic heterocycles. The lowest BCUT2D eigenvalue weighted by Gasteiger charge is -2.11. The second kappa shape index (κ2) is 5.62. The van der Waals surface area contributed by atoms with E-state index in [1.54, 1.807) is 6.07 Å². The SMILES string of the molecule is CCOc1cc([O-])ccc1C=NNc1nn[nH]n1. The van der Waals surface area contributed by atoms with Gasteiger partial charge in [0.15, 0.2) is 0 Å². The molecule has 2 N–H and O–H groups in total. The molecular weight excluding hydrogens is 236 g/mol. The molecule has 1 aromatic heterocycles. The molecular formula is C10H11N6O2-. The fourth-order valence-electron chi connectivity index (χ4n) is 1.27. The molecule has 0 bridgehead atoms. The van der Waals surface area contributed by atoms with Crippen molar-refractivity contribution in [1.29, 1.82) is 0 Å². The highest BCUT2D eigenvalue weighted by Crippen LogP contribution is 2.21. The van der Waals surface area contributed by atoms with Crippen molar-refractivity contribution in [2.45, 2.75) is 6.92 Å². The Morgan fingerprint density at radius 3 is 3.17 bits per heavy atom. The van der Waals surface area contributed by atoms with Crippen molar-refractivity contribution in [2.75, 3.05) is 12.0 Å². The maximum atomic E-state index is 11.2. The highest BCUT2D eigenvalue weighted by molar-refractivity contribution is 5.84. The molecule has 2 aromatic rings. The average Bonchev–Trinajstić information content (AvgIpc) is 2.85. The Balaban J connectivity index is 2.10. The molecule has 0 amide bonds. The van der Waals surface area contributed by atoms with Crippen LogP contribution in [0.3, 0.4) is 0 Å². The summed E-state index contributed by atoms with van der Waals surface area (Å²) in [7, 11) is 0. The van der Waals surface area contributed by atoms with Crippen LogP contribution in [-0.4, -0.2) is 33.4 Å². The molecule has 0 fully saturated rings. The number of rotatable bonds is 5. The molecule has 0 radical (unpaired) electrons. The first kappa shape index (κ1) is 11.8. The van der Waals surface area contributed by atoms with E-state index in [1.807, 2.05) is 6.92 Å².